The quantitative estimate of drug-likeness (QED) is 0.635. The molecule has 0 saturated carbocycles. The third-order valence-corrected chi connectivity index (χ3v) is 3.11. The van der Waals surface area contributed by atoms with Crippen molar-refractivity contribution < 1.29 is 9.53 Å². The molecule has 88 valence electrons. The van der Waals surface area contributed by atoms with Gasteiger partial charge in [0.2, 0.25) is 0 Å². The molecule has 2 aromatic rings. The van der Waals surface area contributed by atoms with Gasteiger partial charge < -0.3 is 4.74 Å². The zero-order chi connectivity index (χ0) is 12.4. The van der Waals surface area contributed by atoms with E-state index in [1.165, 1.54) is 0 Å². The Morgan fingerprint density at radius 2 is 1.82 bits per heavy atom. The number of carbonyl (C=O) groups is 1. The van der Waals surface area contributed by atoms with Crippen LogP contribution in [-0.2, 0) is 0 Å². The molecule has 2 rings (SSSR count). The van der Waals surface area contributed by atoms with E-state index in [0.717, 1.165) is 22.1 Å². The first-order chi connectivity index (χ1) is 8.11. The predicted molar refractivity (Wildman–Crippen MR) is 73.2 cm³/mol. The standard InChI is InChI=1S/C14H13BrO2/c1-9(15)14(16)12-4-3-11-8-13(17-2)6-5-10(11)7-12/h3-9H,1-2H3. The molecular weight excluding hydrogens is 280 g/mol. The topological polar surface area (TPSA) is 26.3 Å². The fraction of sp³-hybridized carbons (Fsp3) is 0.214. The number of hydrogen-bond acceptors (Lipinski definition) is 2. The molecule has 0 fully saturated rings. The van der Waals surface area contributed by atoms with Crippen LogP contribution in [0.15, 0.2) is 36.4 Å². The van der Waals surface area contributed by atoms with Crippen molar-refractivity contribution in [1.29, 1.82) is 0 Å². The van der Waals surface area contributed by atoms with Gasteiger partial charge in [-0.05, 0) is 35.9 Å². The summed E-state index contributed by atoms with van der Waals surface area (Å²) in [5.74, 6) is 0.924. The van der Waals surface area contributed by atoms with Crippen molar-refractivity contribution >= 4 is 32.5 Å². The lowest BCUT2D eigenvalue weighted by Gasteiger charge is -2.06. The molecule has 2 nitrogen and oxygen atoms in total. The highest BCUT2D eigenvalue weighted by Crippen LogP contribution is 2.23. The molecule has 0 aromatic heterocycles. The van der Waals surface area contributed by atoms with Crippen molar-refractivity contribution in [2.75, 3.05) is 7.11 Å². The molecule has 0 spiro atoms. The first kappa shape index (κ1) is 12.1. The Morgan fingerprint density at radius 1 is 1.18 bits per heavy atom. The molecule has 0 aliphatic heterocycles. The molecule has 2 aromatic carbocycles. The SMILES string of the molecule is COc1ccc2cc(C(=O)C(C)Br)ccc2c1. The maximum atomic E-state index is 11.8. The number of hydrogen-bond donors (Lipinski definition) is 0. The Bertz CT molecular complexity index is 561. The van der Waals surface area contributed by atoms with Gasteiger partial charge in [-0.25, -0.2) is 0 Å². The lowest BCUT2D eigenvalue weighted by Crippen LogP contribution is -2.09. The molecule has 0 N–H and O–H groups in total. The van der Waals surface area contributed by atoms with Gasteiger partial charge >= 0.3 is 0 Å². The molecule has 1 atom stereocenters. The Hall–Kier alpha value is -1.35. The summed E-state index contributed by atoms with van der Waals surface area (Å²) in [5, 5.41) is 2.12. The summed E-state index contributed by atoms with van der Waals surface area (Å²) >= 11 is 3.29. The molecule has 0 amide bonds. The van der Waals surface area contributed by atoms with Crippen LogP contribution in [-0.4, -0.2) is 17.7 Å². The summed E-state index contributed by atoms with van der Waals surface area (Å²) in [7, 11) is 1.64. The zero-order valence-electron chi connectivity index (χ0n) is 9.74. The van der Waals surface area contributed by atoms with Gasteiger partial charge in [0.25, 0.3) is 0 Å². The van der Waals surface area contributed by atoms with E-state index in [0.29, 0.717) is 0 Å². The molecule has 0 saturated heterocycles. The van der Waals surface area contributed by atoms with Gasteiger partial charge in [0.15, 0.2) is 5.78 Å². The second-order valence-corrected chi connectivity index (χ2v) is 5.28. The van der Waals surface area contributed by atoms with Gasteiger partial charge in [0, 0.05) is 5.56 Å². The fourth-order valence-corrected chi connectivity index (χ4v) is 2.00. The molecular formula is C14H13BrO2. The average Bonchev–Trinajstić information content (AvgIpc) is 2.36. The van der Waals surface area contributed by atoms with Crippen molar-refractivity contribution in [2.24, 2.45) is 0 Å². The molecule has 0 bridgehead atoms. The minimum Gasteiger partial charge on any atom is -0.497 e. The van der Waals surface area contributed by atoms with E-state index in [2.05, 4.69) is 15.9 Å². The highest BCUT2D eigenvalue weighted by atomic mass is 79.9. The molecule has 0 radical (unpaired) electrons. The van der Waals surface area contributed by atoms with Crippen LogP contribution in [0.1, 0.15) is 17.3 Å². The second kappa shape index (κ2) is 4.88. The summed E-state index contributed by atoms with van der Waals surface area (Å²) in [5.41, 5.74) is 0.729. The van der Waals surface area contributed by atoms with Gasteiger partial charge in [-0.3, -0.25) is 4.79 Å². The summed E-state index contributed by atoms with van der Waals surface area (Å²) < 4.78 is 5.16. The van der Waals surface area contributed by atoms with Gasteiger partial charge in [0.1, 0.15) is 5.75 Å². The molecule has 0 heterocycles. The summed E-state index contributed by atoms with van der Waals surface area (Å²) in [6, 6.07) is 11.5. The average molecular weight is 293 g/mol. The Labute approximate surface area is 109 Å². The third kappa shape index (κ3) is 2.50. The summed E-state index contributed by atoms with van der Waals surface area (Å²) in [6.45, 7) is 1.83. The normalized spacial score (nSPS) is 12.4. The van der Waals surface area contributed by atoms with Crippen molar-refractivity contribution in [2.45, 2.75) is 11.8 Å². The number of carbonyl (C=O) groups excluding carboxylic acids is 1. The molecule has 1 unspecified atom stereocenters. The Kier molecular flexibility index (Phi) is 3.48. The van der Waals surface area contributed by atoms with Crippen LogP contribution in [0.3, 0.4) is 0 Å². The van der Waals surface area contributed by atoms with Gasteiger partial charge in [0.05, 0.1) is 11.9 Å². The molecule has 17 heavy (non-hydrogen) atoms. The first-order valence-electron chi connectivity index (χ1n) is 5.38. The maximum absolute atomic E-state index is 11.8. The number of Topliss-reactive ketones (excluding diaryl/α,β-unsaturated/α-hetero) is 1. The van der Waals surface area contributed by atoms with E-state index in [1.54, 1.807) is 7.11 Å². The highest BCUT2D eigenvalue weighted by Gasteiger charge is 2.12. The van der Waals surface area contributed by atoms with E-state index >= 15 is 0 Å². The number of ether oxygens (including phenoxy) is 1. The van der Waals surface area contributed by atoms with Gasteiger partial charge in [-0.2, -0.15) is 0 Å². The molecule has 3 heteroatoms. The van der Waals surface area contributed by atoms with Crippen molar-refractivity contribution in [3.63, 3.8) is 0 Å². The smallest absolute Gasteiger partial charge is 0.176 e. The number of halogens is 1. The maximum Gasteiger partial charge on any atom is 0.176 e. The zero-order valence-corrected chi connectivity index (χ0v) is 11.3. The lowest BCUT2D eigenvalue weighted by molar-refractivity contribution is 0.0996. The largest absolute Gasteiger partial charge is 0.497 e. The van der Waals surface area contributed by atoms with E-state index in [4.69, 9.17) is 4.74 Å². The second-order valence-electron chi connectivity index (χ2n) is 3.91. The first-order valence-corrected chi connectivity index (χ1v) is 6.29. The van der Waals surface area contributed by atoms with E-state index in [-0.39, 0.29) is 10.6 Å². The van der Waals surface area contributed by atoms with Crippen LogP contribution in [0, 0.1) is 0 Å². The van der Waals surface area contributed by atoms with E-state index < -0.39 is 0 Å². The predicted octanol–water partition coefficient (Wildman–Crippen LogP) is 3.81. The summed E-state index contributed by atoms with van der Waals surface area (Å²) in [6.07, 6.45) is 0. The minimum absolute atomic E-state index is 0.0997. The van der Waals surface area contributed by atoms with Crippen LogP contribution in [0.25, 0.3) is 10.8 Å². The van der Waals surface area contributed by atoms with Crippen molar-refractivity contribution in [3.05, 3.63) is 42.0 Å². The Balaban J connectivity index is 2.48. The Morgan fingerprint density at radius 3 is 2.47 bits per heavy atom. The van der Waals surface area contributed by atoms with Crippen LogP contribution in [0.4, 0.5) is 0 Å². The number of rotatable bonds is 3. The van der Waals surface area contributed by atoms with Gasteiger partial charge in [-0.15, -0.1) is 0 Å². The number of alkyl halides is 1. The molecule has 0 aliphatic carbocycles. The lowest BCUT2D eigenvalue weighted by atomic mass is 10.0. The van der Waals surface area contributed by atoms with Crippen LogP contribution >= 0.6 is 15.9 Å². The van der Waals surface area contributed by atoms with E-state index in [9.17, 15) is 4.79 Å². The molecule has 0 aliphatic rings. The van der Waals surface area contributed by atoms with Crippen molar-refractivity contribution in [1.82, 2.24) is 0 Å². The van der Waals surface area contributed by atoms with E-state index in [1.807, 2.05) is 43.3 Å². The number of methoxy groups -OCH3 is 1. The summed E-state index contributed by atoms with van der Waals surface area (Å²) in [4.78, 5) is 11.7. The third-order valence-electron chi connectivity index (χ3n) is 2.69. The number of ketones is 1. The monoisotopic (exact) mass is 292 g/mol. The van der Waals surface area contributed by atoms with Crippen LogP contribution < -0.4 is 4.74 Å². The number of fused-ring (bicyclic) bond motifs is 1. The fourth-order valence-electron chi connectivity index (χ4n) is 1.73. The highest BCUT2D eigenvalue weighted by molar-refractivity contribution is 9.10. The van der Waals surface area contributed by atoms with Gasteiger partial charge in [-0.1, -0.05) is 34.1 Å². The van der Waals surface area contributed by atoms with Crippen LogP contribution in [0.5, 0.6) is 5.75 Å². The van der Waals surface area contributed by atoms with Crippen molar-refractivity contribution in [3.8, 4) is 5.75 Å². The minimum atomic E-state index is -0.154. The number of benzene rings is 2. The van der Waals surface area contributed by atoms with Crippen LogP contribution in [0.2, 0.25) is 0 Å².